The largest absolute Gasteiger partial charge is 0.390 e. The van der Waals surface area contributed by atoms with Crippen LogP contribution < -0.4 is 5.32 Å². The average molecular weight is 264 g/mol. The van der Waals surface area contributed by atoms with Gasteiger partial charge in [-0.05, 0) is 31.9 Å². The van der Waals surface area contributed by atoms with E-state index in [1.54, 1.807) is 10.9 Å². The van der Waals surface area contributed by atoms with Gasteiger partial charge in [0.25, 0.3) is 0 Å². The highest BCUT2D eigenvalue weighted by molar-refractivity contribution is 4.94. The summed E-state index contributed by atoms with van der Waals surface area (Å²) in [6.07, 6.45) is 8.52. The van der Waals surface area contributed by atoms with Crippen LogP contribution in [0.5, 0.6) is 0 Å². The van der Waals surface area contributed by atoms with E-state index < -0.39 is 0 Å². The molecule has 3 unspecified atom stereocenters. The molecule has 106 valence electrons. The first-order valence-electron chi connectivity index (χ1n) is 7.46. The topological polar surface area (TPSA) is 53.3 Å². The summed E-state index contributed by atoms with van der Waals surface area (Å²) in [5.41, 5.74) is 0. The molecule has 2 saturated heterocycles. The third-order valence-electron chi connectivity index (χ3n) is 4.43. The molecule has 5 heteroatoms. The van der Waals surface area contributed by atoms with Crippen molar-refractivity contribution in [3.05, 3.63) is 18.5 Å². The summed E-state index contributed by atoms with van der Waals surface area (Å²) in [5.74, 6) is 0. The van der Waals surface area contributed by atoms with E-state index in [4.69, 9.17) is 0 Å². The normalized spacial score (nSPS) is 29.3. The molecule has 0 amide bonds. The molecule has 19 heavy (non-hydrogen) atoms. The van der Waals surface area contributed by atoms with Crippen molar-refractivity contribution in [1.29, 1.82) is 0 Å². The Labute approximate surface area is 114 Å². The molecule has 3 rings (SSSR count). The summed E-state index contributed by atoms with van der Waals surface area (Å²) in [6.45, 7) is 3.71. The second kappa shape index (κ2) is 6.03. The molecule has 0 radical (unpaired) electrons. The summed E-state index contributed by atoms with van der Waals surface area (Å²) in [6, 6.07) is 3.15. The van der Waals surface area contributed by atoms with Gasteiger partial charge in [-0.15, -0.1) is 0 Å². The molecule has 5 nitrogen and oxygen atoms in total. The predicted octanol–water partition coefficient (Wildman–Crippen LogP) is 0.460. The summed E-state index contributed by atoms with van der Waals surface area (Å²) >= 11 is 0. The van der Waals surface area contributed by atoms with Crippen LogP contribution in [0.2, 0.25) is 0 Å². The first-order valence-corrected chi connectivity index (χ1v) is 7.46. The molecule has 3 heterocycles. The van der Waals surface area contributed by atoms with Gasteiger partial charge in [-0.1, -0.05) is 6.42 Å². The van der Waals surface area contributed by atoms with Gasteiger partial charge in [0.05, 0.1) is 12.6 Å². The number of aliphatic hydroxyl groups is 1. The maximum Gasteiger partial charge on any atom is 0.0860 e. The van der Waals surface area contributed by atoms with Gasteiger partial charge in [0.15, 0.2) is 0 Å². The van der Waals surface area contributed by atoms with Gasteiger partial charge in [0.2, 0.25) is 0 Å². The Morgan fingerprint density at radius 3 is 3.11 bits per heavy atom. The van der Waals surface area contributed by atoms with E-state index in [1.807, 2.05) is 12.3 Å². The van der Waals surface area contributed by atoms with E-state index in [1.165, 1.54) is 38.8 Å². The Bertz CT molecular complexity index is 381. The van der Waals surface area contributed by atoms with Gasteiger partial charge in [0.1, 0.15) is 0 Å². The first kappa shape index (κ1) is 13.1. The molecule has 2 N–H and O–H groups in total. The molecule has 3 atom stereocenters. The predicted molar refractivity (Wildman–Crippen MR) is 73.9 cm³/mol. The zero-order chi connectivity index (χ0) is 13.1. The van der Waals surface area contributed by atoms with Crippen molar-refractivity contribution in [2.75, 3.05) is 19.6 Å². The first-order chi connectivity index (χ1) is 9.33. The fraction of sp³-hybridized carbons (Fsp3) is 0.786. The lowest BCUT2D eigenvalue weighted by atomic mass is 9.99. The Morgan fingerprint density at radius 1 is 1.32 bits per heavy atom. The van der Waals surface area contributed by atoms with Crippen LogP contribution in [0.4, 0.5) is 0 Å². The second-order valence-corrected chi connectivity index (χ2v) is 5.78. The van der Waals surface area contributed by atoms with E-state index >= 15 is 0 Å². The summed E-state index contributed by atoms with van der Waals surface area (Å²) in [7, 11) is 0. The number of nitrogens with one attached hydrogen (secondary N) is 1. The average Bonchev–Trinajstić information content (AvgIpc) is 3.05. The van der Waals surface area contributed by atoms with Crippen LogP contribution in [-0.4, -0.2) is 57.6 Å². The highest BCUT2D eigenvalue weighted by atomic mass is 16.3. The number of hydrogen-bond acceptors (Lipinski definition) is 4. The van der Waals surface area contributed by atoms with Gasteiger partial charge in [-0.2, -0.15) is 5.10 Å². The summed E-state index contributed by atoms with van der Waals surface area (Å²) in [5, 5.41) is 17.7. The quantitative estimate of drug-likeness (QED) is 0.811. The molecular formula is C14H24N4O. The molecule has 0 bridgehead atoms. The molecule has 0 aliphatic carbocycles. The molecule has 2 aliphatic rings. The van der Waals surface area contributed by atoms with Crippen LogP contribution in [0, 0.1) is 0 Å². The van der Waals surface area contributed by atoms with Crippen LogP contribution in [0.3, 0.4) is 0 Å². The monoisotopic (exact) mass is 264 g/mol. The molecular weight excluding hydrogens is 240 g/mol. The van der Waals surface area contributed by atoms with Crippen LogP contribution in [0.25, 0.3) is 0 Å². The third-order valence-corrected chi connectivity index (χ3v) is 4.43. The van der Waals surface area contributed by atoms with E-state index in [9.17, 15) is 5.11 Å². The minimum atomic E-state index is -0.363. The fourth-order valence-corrected chi connectivity index (χ4v) is 3.46. The lowest BCUT2D eigenvalue weighted by Gasteiger charge is -2.33. The van der Waals surface area contributed by atoms with Crippen LogP contribution >= 0.6 is 0 Å². The van der Waals surface area contributed by atoms with Gasteiger partial charge < -0.3 is 10.4 Å². The number of aromatic nitrogens is 2. The number of aliphatic hydroxyl groups excluding tert-OH is 1. The standard InChI is InChI=1S/C14H24N4O/c19-12(11-18-8-3-6-16-18)10-15-13-5-9-17-7-2-1-4-14(13)17/h3,6,8,12-15,19H,1-2,4-5,7,9-11H2. The maximum absolute atomic E-state index is 10.0. The van der Waals surface area contributed by atoms with Crippen molar-refractivity contribution in [2.24, 2.45) is 0 Å². The molecule has 0 aromatic carbocycles. The van der Waals surface area contributed by atoms with Crippen molar-refractivity contribution in [1.82, 2.24) is 20.0 Å². The number of hydrogen-bond donors (Lipinski definition) is 2. The maximum atomic E-state index is 10.0. The number of piperidine rings is 1. The van der Waals surface area contributed by atoms with Gasteiger partial charge in [-0.3, -0.25) is 9.58 Å². The highest BCUT2D eigenvalue weighted by Gasteiger charge is 2.35. The number of fused-ring (bicyclic) bond motifs is 1. The minimum absolute atomic E-state index is 0.363. The van der Waals surface area contributed by atoms with Gasteiger partial charge >= 0.3 is 0 Å². The van der Waals surface area contributed by atoms with Crippen LogP contribution in [0.15, 0.2) is 18.5 Å². The smallest absolute Gasteiger partial charge is 0.0860 e. The Morgan fingerprint density at radius 2 is 2.26 bits per heavy atom. The molecule has 1 aromatic heterocycles. The van der Waals surface area contributed by atoms with Crippen molar-refractivity contribution < 1.29 is 5.11 Å². The molecule has 2 aliphatic heterocycles. The van der Waals surface area contributed by atoms with E-state index in [2.05, 4.69) is 15.3 Å². The Hall–Kier alpha value is -0.910. The highest BCUT2D eigenvalue weighted by Crippen LogP contribution is 2.26. The number of rotatable bonds is 5. The Balaban J connectivity index is 1.44. The van der Waals surface area contributed by atoms with Gasteiger partial charge in [0, 0.05) is 37.6 Å². The minimum Gasteiger partial charge on any atom is -0.390 e. The lowest BCUT2D eigenvalue weighted by molar-refractivity contribution is 0.132. The van der Waals surface area contributed by atoms with Crippen molar-refractivity contribution >= 4 is 0 Å². The molecule has 2 fully saturated rings. The van der Waals surface area contributed by atoms with E-state index in [0.29, 0.717) is 25.2 Å². The van der Waals surface area contributed by atoms with Crippen molar-refractivity contribution in [2.45, 2.75) is 50.4 Å². The summed E-state index contributed by atoms with van der Waals surface area (Å²) in [4.78, 5) is 2.61. The van der Waals surface area contributed by atoms with Gasteiger partial charge in [-0.25, -0.2) is 0 Å². The fourth-order valence-electron chi connectivity index (χ4n) is 3.46. The van der Waals surface area contributed by atoms with Crippen LogP contribution in [0.1, 0.15) is 25.7 Å². The van der Waals surface area contributed by atoms with Crippen LogP contribution in [-0.2, 0) is 6.54 Å². The molecule has 0 saturated carbocycles. The Kier molecular flexibility index (Phi) is 4.15. The SMILES string of the molecule is OC(CNC1CCN2CCCCC12)Cn1cccn1. The third kappa shape index (κ3) is 3.16. The molecule has 1 aromatic rings. The zero-order valence-electron chi connectivity index (χ0n) is 11.4. The summed E-state index contributed by atoms with van der Waals surface area (Å²) < 4.78 is 1.79. The van der Waals surface area contributed by atoms with Crippen molar-refractivity contribution in [3.63, 3.8) is 0 Å². The molecule has 0 spiro atoms. The van der Waals surface area contributed by atoms with E-state index in [-0.39, 0.29) is 6.10 Å². The lowest BCUT2D eigenvalue weighted by Crippen LogP contribution is -2.47. The zero-order valence-corrected chi connectivity index (χ0v) is 11.4. The number of nitrogens with zero attached hydrogens (tertiary/aromatic N) is 3. The van der Waals surface area contributed by atoms with E-state index in [0.717, 1.165) is 0 Å². The van der Waals surface area contributed by atoms with Crippen molar-refractivity contribution in [3.8, 4) is 0 Å². The second-order valence-electron chi connectivity index (χ2n) is 5.78.